The lowest BCUT2D eigenvalue weighted by Crippen LogP contribution is -2.20. The van der Waals surface area contributed by atoms with Crippen molar-refractivity contribution in [2.75, 3.05) is 19.5 Å². The summed E-state index contributed by atoms with van der Waals surface area (Å²) >= 11 is 3.56. The largest absolute Gasteiger partial charge is 0.493 e. The Kier molecular flexibility index (Phi) is 5.21. The third-order valence-electron chi connectivity index (χ3n) is 4.93. The Bertz CT molecular complexity index is 991. The Labute approximate surface area is 170 Å². The fourth-order valence-electron chi connectivity index (χ4n) is 3.56. The van der Waals surface area contributed by atoms with Gasteiger partial charge in [0.05, 0.1) is 25.9 Å². The molecule has 3 aromatic rings. The third kappa shape index (κ3) is 3.44. The lowest BCUT2D eigenvalue weighted by Gasteiger charge is -2.26. The molecular weight excluding hydrogens is 427 g/mol. The van der Waals surface area contributed by atoms with E-state index in [-0.39, 0.29) is 11.9 Å². The first-order valence-electron chi connectivity index (χ1n) is 8.98. The molecule has 0 bridgehead atoms. The van der Waals surface area contributed by atoms with Crippen LogP contribution in [0.4, 0.5) is 16.0 Å². The van der Waals surface area contributed by atoms with E-state index in [4.69, 9.17) is 9.47 Å². The molecule has 0 saturated carbocycles. The van der Waals surface area contributed by atoms with Crippen molar-refractivity contribution < 1.29 is 13.9 Å². The number of aryl methyl sites for hydroxylation is 1. The van der Waals surface area contributed by atoms with E-state index in [1.165, 1.54) is 12.1 Å². The number of rotatable bonds is 5. The van der Waals surface area contributed by atoms with Crippen LogP contribution in [-0.4, -0.2) is 29.0 Å². The molecule has 2 heterocycles. The summed E-state index contributed by atoms with van der Waals surface area (Å²) in [5, 5.41) is 12.1. The number of ether oxygens (including phenoxy) is 2. The van der Waals surface area contributed by atoms with Crippen molar-refractivity contribution >= 4 is 27.6 Å². The highest BCUT2D eigenvalue weighted by Gasteiger charge is 2.26. The maximum Gasteiger partial charge on any atom is 0.229 e. The second-order valence-corrected chi connectivity index (χ2v) is 7.44. The minimum Gasteiger partial charge on any atom is -0.493 e. The van der Waals surface area contributed by atoms with Gasteiger partial charge in [-0.3, -0.25) is 4.57 Å². The van der Waals surface area contributed by atoms with E-state index in [1.807, 2.05) is 24.3 Å². The Morgan fingerprint density at radius 1 is 1.11 bits per heavy atom. The molecule has 0 radical (unpaired) electrons. The van der Waals surface area contributed by atoms with Crippen LogP contribution in [0, 0.1) is 5.82 Å². The zero-order valence-corrected chi connectivity index (χ0v) is 17.2. The van der Waals surface area contributed by atoms with Crippen LogP contribution in [0.15, 0.2) is 40.9 Å². The smallest absolute Gasteiger partial charge is 0.229 e. The molecule has 1 unspecified atom stereocenters. The summed E-state index contributed by atoms with van der Waals surface area (Å²) in [4.78, 5) is 0. The van der Waals surface area contributed by atoms with E-state index >= 15 is 0 Å². The fourth-order valence-corrected chi connectivity index (χ4v) is 3.98. The lowest BCUT2D eigenvalue weighted by atomic mass is 9.97. The molecule has 0 aliphatic carbocycles. The summed E-state index contributed by atoms with van der Waals surface area (Å²) in [7, 11) is 3.19. The van der Waals surface area contributed by atoms with Crippen LogP contribution in [0.5, 0.6) is 11.5 Å². The van der Waals surface area contributed by atoms with Crippen LogP contribution in [-0.2, 0) is 6.42 Å². The van der Waals surface area contributed by atoms with E-state index in [0.29, 0.717) is 17.4 Å². The van der Waals surface area contributed by atoms with Gasteiger partial charge in [-0.1, -0.05) is 12.1 Å². The molecule has 0 saturated heterocycles. The first-order chi connectivity index (χ1) is 13.6. The van der Waals surface area contributed by atoms with Gasteiger partial charge in [-0.2, -0.15) is 0 Å². The third-order valence-corrected chi connectivity index (χ3v) is 5.59. The number of hydrogen-bond donors (Lipinski definition) is 1. The minimum atomic E-state index is -0.240. The highest BCUT2D eigenvalue weighted by Crippen LogP contribution is 2.39. The van der Waals surface area contributed by atoms with Crippen LogP contribution < -0.4 is 14.8 Å². The average molecular weight is 447 g/mol. The van der Waals surface area contributed by atoms with Crippen molar-refractivity contribution in [2.24, 2.45) is 0 Å². The molecule has 1 aliphatic heterocycles. The first-order valence-corrected chi connectivity index (χ1v) is 9.77. The van der Waals surface area contributed by atoms with Crippen molar-refractivity contribution in [3.05, 3.63) is 58.1 Å². The van der Waals surface area contributed by atoms with E-state index in [1.54, 1.807) is 14.2 Å². The molecule has 0 fully saturated rings. The van der Waals surface area contributed by atoms with Crippen molar-refractivity contribution in [1.29, 1.82) is 0 Å². The summed E-state index contributed by atoms with van der Waals surface area (Å²) < 4.78 is 27.0. The fraction of sp³-hybridized carbons (Fsp3) is 0.300. The number of hydrogen-bond acceptors (Lipinski definition) is 5. The predicted octanol–water partition coefficient (Wildman–Crippen LogP) is 4.87. The van der Waals surface area contributed by atoms with Crippen molar-refractivity contribution in [3.63, 3.8) is 0 Å². The predicted molar refractivity (Wildman–Crippen MR) is 108 cm³/mol. The highest BCUT2D eigenvalue weighted by molar-refractivity contribution is 9.10. The Hall–Kier alpha value is -2.61. The molecule has 2 aromatic carbocycles. The Morgan fingerprint density at radius 2 is 1.82 bits per heavy atom. The number of anilines is 2. The molecule has 8 heteroatoms. The Balaban J connectivity index is 1.71. The molecule has 0 spiro atoms. The van der Waals surface area contributed by atoms with E-state index in [0.717, 1.165) is 40.8 Å². The van der Waals surface area contributed by atoms with Gasteiger partial charge >= 0.3 is 0 Å². The van der Waals surface area contributed by atoms with Gasteiger partial charge in [0.25, 0.3) is 0 Å². The lowest BCUT2D eigenvalue weighted by molar-refractivity contribution is 0.355. The summed E-state index contributed by atoms with van der Waals surface area (Å²) in [6.45, 7) is 0. The van der Waals surface area contributed by atoms with Crippen LogP contribution in [0.25, 0.3) is 0 Å². The molecule has 1 N–H and O–H groups in total. The zero-order chi connectivity index (χ0) is 19.7. The van der Waals surface area contributed by atoms with Crippen LogP contribution >= 0.6 is 15.9 Å². The van der Waals surface area contributed by atoms with Gasteiger partial charge in [0.15, 0.2) is 11.5 Å². The maximum atomic E-state index is 13.4. The highest BCUT2D eigenvalue weighted by atomic mass is 79.9. The number of nitrogens with one attached hydrogen (secondary N) is 1. The molecule has 1 atom stereocenters. The van der Waals surface area contributed by atoms with Crippen molar-refractivity contribution in [2.45, 2.75) is 25.3 Å². The molecular formula is C20H20BrFN4O2. The topological polar surface area (TPSA) is 61.2 Å². The van der Waals surface area contributed by atoms with E-state index in [2.05, 4.69) is 36.0 Å². The first kappa shape index (κ1) is 18.7. The molecule has 146 valence electrons. The van der Waals surface area contributed by atoms with Gasteiger partial charge in [-0.15, -0.1) is 10.2 Å². The molecule has 1 aromatic heterocycles. The van der Waals surface area contributed by atoms with Gasteiger partial charge in [-0.25, -0.2) is 4.39 Å². The quantitative estimate of drug-likeness (QED) is 0.605. The number of fused-ring (bicyclic) bond motifs is 1. The molecule has 0 amide bonds. The Morgan fingerprint density at radius 3 is 2.54 bits per heavy atom. The summed E-state index contributed by atoms with van der Waals surface area (Å²) in [5.41, 5.74) is 1.83. The zero-order valence-electron chi connectivity index (χ0n) is 15.6. The van der Waals surface area contributed by atoms with E-state index < -0.39 is 0 Å². The monoisotopic (exact) mass is 446 g/mol. The SMILES string of the molecule is COc1cc(Br)c(Nc2nnc3n2C(c2ccc(F)cc2)CCC3)cc1OC. The van der Waals surface area contributed by atoms with Crippen LogP contribution in [0.2, 0.25) is 0 Å². The van der Waals surface area contributed by atoms with Gasteiger partial charge < -0.3 is 14.8 Å². The van der Waals surface area contributed by atoms with Crippen molar-refractivity contribution in [3.8, 4) is 11.5 Å². The number of nitrogens with zero attached hydrogens (tertiary/aromatic N) is 3. The van der Waals surface area contributed by atoms with Crippen molar-refractivity contribution in [1.82, 2.24) is 14.8 Å². The standard InChI is InChI=1S/C20H20BrFN4O2/c1-27-17-10-14(21)15(11-18(17)28-2)23-20-25-24-19-5-3-4-16(26(19)20)12-6-8-13(22)9-7-12/h6-11,16H,3-5H2,1-2H3,(H,23,25). The van der Waals surface area contributed by atoms with Gasteiger partial charge in [0.1, 0.15) is 11.6 Å². The maximum absolute atomic E-state index is 13.4. The molecule has 6 nitrogen and oxygen atoms in total. The summed E-state index contributed by atoms with van der Waals surface area (Å²) in [5.74, 6) is 2.56. The average Bonchev–Trinajstić information content (AvgIpc) is 3.13. The number of halogens is 2. The minimum absolute atomic E-state index is 0.0563. The summed E-state index contributed by atoms with van der Waals surface area (Å²) in [6.07, 6.45) is 2.82. The second kappa shape index (κ2) is 7.79. The number of aromatic nitrogens is 3. The van der Waals surface area contributed by atoms with Crippen LogP contribution in [0.1, 0.15) is 30.3 Å². The van der Waals surface area contributed by atoms with Crippen LogP contribution in [0.3, 0.4) is 0 Å². The number of methoxy groups -OCH3 is 2. The summed E-state index contributed by atoms with van der Waals surface area (Å²) in [6, 6.07) is 10.4. The number of benzene rings is 2. The van der Waals surface area contributed by atoms with Gasteiger partial charge in [0, 0.05) is 23.0 Å². The van der Waals surface area contributed by atoms with E-state index in [9.17, 15) is 4.39 Å². The van der Waals surface area contributed by atoms with Gasteiger partial charge in [-0.05, 0) is 46.5 Å². The van der Waals surface area contributed by atoms with Gasteiger partial charge in [0.2, 0.25) is 5.95 Å². The molecule has 4 rings (SSSR count). The molecule has 1 aliphatic rings. The normalized spacial score (nSPS) is 15.8. The molecule has 28 heavy (non-hydrogen) atoms. The second-order valence-electron chi connectivity index (χ2n) is 6.58.